The van der Waals surface area contributed by atoms with Crippen LogP contribution in [0.15, 0.2) is 54.7 Å². The number of hydrogen-bond donors (Lipinski definition) is 2. The third kappa shape index (κ3) is 9.53. The average molecular weight is 663 g/mol. The van der Waals surface area contributed by atoms with Crippen molar-refractivity contribution in [2.45, 2.75) is 104 Å². The first-order valence-corrected chi connectivity index (χ1v) is 18.4. The van der Waals surface area contributed by atoms with E-state index in [9.17, 15) is 14.7 Å². The summed E-state index contributed by atoms with van der Waals surface area (Å²) in [5.41, 5.74) is 11.4. The molecular weight excluding hydrogens is 608 g/mol. The predicted molar refractivity (Wildman–Crippen MR) is 197 cm³/mol. The van der Waals surface area contributed by atoms with E-state index >= 15 is 0 Å². The van der Waals surface area contributed by atoms with Gasteiger partial charge in [-0.15, -0.1) is 0 Å². The largest absolute Gasteiger partial charge is 0.504 e. The number of rotatable bonds is 10. The molecule has 3 aromatic rings. The minimum absolute atomic E-state index is 0.0394. The lowest BCUT2D eigenvalue weighted by Gasteiger charge is -2.25. The Balaban J connectivity index is 1.66. The first-order valence-electron chi connectivity index (χ1n) is 18.4. The molecule has 49 heavy (non-hydrogen) atoms. The third-order valence-electron chi connectivity index (χ3n) is 10.6. The van der Waals surface area contributed by atoms with Crippen molar-refractivity contribution in [3.05, 3.63) is 82.5 Å². The number of nitrogens with zero attached hydrogens (tertiary/aromatic N) is 1. The summed E-state index contributed by atoms with van der Waals surface area (Å²) in [6.07, 6.45) is 11.1. The SMILES string of the molecule is CCCCC1CC(Cc2ccnc(N)c2)CC2C#CC(c3ccccc3CCC(C)C)c3cc(O)c(OC)cc3CCC(=O)CC(=O)C2C1. The van der Waals surface area contributed by atoms with Crippen LogP contribution in [0.2, 0.25) is 0 Å². The molecule has 2 aliphatic rings. The van der Waals surface area contributed by atoms with Gasteiger partial charge in [-0.3, -0.25) is 9.59 Å². The van der Waals surface area contributed by atoms with Gasteiger partial charge in [0.15, 0.2) is 11.5 Å². The van der Waals surface area contributed by atoms with Gasteiger partial charge in [-0.2, -0.15) is 0 Å². The van der Waals surface area contributed by atoms with Crippen molar-refractivity contribution in [2.75, 3.05) is 12.8 Å². The molecule has 1 heterocycles. The number of nitrogen functional groups attached to an aromatic ring is 1. The molecule has 6 heteroatoms. The number of phenols is 1. The number of carbonyl (C=O) groups excluding carboxylic acids is 2. The molecule has 0 bridgehead atoms. The van der Waals surface area contributed by atoms with Gasteiger partial charge in [0.2, 0.25) is 0 Å². The first-order chi connectivity index (χ1) is 23.6. The van der Waals surface area contributed by atoms with Crippen LogP contribution >= 0.6 is 0 Å². The molecule has 0 aliphatic heterocycles. The highest BCUT2D eigenvalue weighted by atomic mass is 16.5. The van der Waals surface area contributed by atoms with Gasteiger partial charge in [0.25, 0.3) is 0 Å². The Hall–Kier alpha value is -4.11. The maximum atomic E-state index is 14.1. The van der Waals surface area contributed by atoms with Crippen LogP contribution in [0, 0.1) is 41.4 Å². The fourth-order valence-corrected chi connectivity index (χ4v) is 8.04. The highest BCUT2D eigenvalue weighted by Crippen LogP contribution is 2.42. The van der Waals surface area contributed by atoms with Crippen molar-refractivity contribution in [1.29, 1.82) is 0 Å². The second-order valence-corrected chi connectivity index (χ2v) is 14.8. The Morgan fingerprint density at radius 3 is 2.57 bits per heavy atom. The van der Waals surface area contributed by atoms with Crippen molar-refractivity contribution in [3.63, 3.8) is 0 Å². The summed E-state index contributed by atoms with van der Waals surface area (Å²) in [4.78, 5) is 31.8. The highest BCUT2D eigenvalue weighted by molar-refractivity contribution is 6.00. The second kappa shape index (κ2) is 17.0. The number of pyridine rings is 1. The molecular formula is C43H54N2O4. The van der Waals surface area contributed by atoms with E-state index in [1.807, 2.05) is 18.2 Å². The van der Waals surface area contributed by atoms with Crippen molar-refractivity contribution < 1.29 is 19.4 Å². The number of fused-ring (bicyclic) bond motifs is 2. The Kier molecular flexibility index (Phi) is 12.6. The van der Waals surface area contributed by atoms with Crippen LogP contribution in [0.3, 0.4) is 0 Å². The lowest BCUT2D eigenvalue weighted by atomic mass is 9.77. The zero-order valence-corrected chi connectivity index (χ0v) is 29.8. The van der Waals surface area contributed by atoms with E-state index in [4.69, 9.17) is 10.5 Å². The van der Waals surface area contributed by atoms with Crippen LogP contribution in [0.25, 0.3) is 0 Å². The standard InChI is InChI=1S/C43H54N2O4/c1-5-6-9-29-20-31(21-30-18-19-45-43(44)24-30)22-33-15-17-37(36-11-8-7-10-32(36)13-12-28(2)3)38-27-41(48)42(49-4)25-34(38)14-16-35(46)26-40(47)39(33)23-29/h7-8,10-11,18-19,24-25,27-29,31,33,37,39,48H,5-6,9,12-14,16,20-23,26H2,1-4H3,(H2,44,45). The number of carbonyl (C=O) groups is 2. The van der Waals surface area contributed by atoms with Gasteiger partial charge in [0, 0.05) is 24.5 Å². The number of aromatic nitrogens is 1. The summed E-state index contributed by atoms with van der Waals surface area (Å²) in [5, 5.41) is 11.1. The maximum absolute atomic E-state index is 14.1. The third-order valence-corrected chi connectivity index (χ3v) is 10.6. The molecule has 0 radical (unpaired) electrons. The van der Waals surface area contributed by atoms with Crippen molar-refractivity contribution in [1.82, 2.24) is 4.98 Å². The van der Waals surface area contributed by atoms with Crippen molar-refractivity contribution >= 4 is 17.4 Å². The van der Waals surface area contributed by atoms with E-state index < -0.39 is 0 Å². The molecule has 1 fully saturated rings. The number of benzene rings is 2. The van der Waals surface area contributed by atoms with E-state index in [2.05, 4.69) is 61.9 Å². The number of aromatic hydroxyl groups is 1. The van der Waals surface area contributed by atoms with Crippen LogP contribution in [-0.4, -0.2) is 28.8 Å². The number of phenolic OH excluding ortho intramolecular Hbond substituents is 1. The van der Waals surface area contributed by atoms with E-state index in [0.29, 0.717) is 35.7 Å². The Labute approximate surface area is 293 Å². The predicted octanol–water partition coefficient (Wildman–Crippen LogP) is 8.66. The number of unbranched alkanes of at least 4 members (excludes halogenated alkanes) is 1. The van der Waals surface area contributed by atoms with Gasteiger partial charge in [0.05, 0.1) is 19.4 Å². The minimum Gasteiger partial charge on any atom is -0.504 e. The molecule has 0 amide bonds. The summed E-state index contributed by atoms with van der Waals surface area (Å²) in [5.74, 6) is 8.88. The lowest BCUT2D eigenvalue weighted by molar-refractivity contribution is -0.130. The summed E-state index contributed by atoms with van der Waals surface area (Å²) in [7, 11) is 1.54. The zero-order valence-electron chi connectivity index (χ0n) is 29.8. The number of aryl methyl sites for hydroxylation is 2. The van der Waals surface area contributed by atoms with Crippen LogP contribution in [0.4, 0.5) is 5.82 Å². The number of Topliss-reactive ketones (excluding diaryl/α,β-unsaturated/α-hetero) is 2. The Bertz CT molecular complexity index is 1670. The highest BCUT2D eigenvalue weighted by Gasteiger charge is 2.37. The number of methoxy groups -OCH3 is 1. The van der Waals surface area contributed by atoms with E-state index in [0.717, 1.165) is 80.0 Å². The van der Waals surface area contributed by atoms with Crippen LogP contribution in [0.5, 0.6) is 11.5 Å². The molecule has 2 aliphatic carbocycles. The average Bonchev–Trinajstić information content (AvgIpc) is 3.24. The first kappa shape index (κ1) is 36.2. The van der Waals surface area contributed by atoms with Gasteiger partial charge in [-0.25, -0.2) is 4.98 Å². The number of anilines is 1. The maximum Gasteiger partial charge on any atom is 0.160 e. The smallest absolute Gasteiger partial charge is 0.160 e. The summed E-state index contributed by atoms with van der Waals surface area (Å²) in [6.45, 7) is 6.69. The molecule has 260 valence electrons. The van der Waals surface area contributed by atoms with Crippen molar-refractivity contribution in [2.24, 2.45) is 29.6 Å². The number of hydrogen-bond acceptors (Lipinski definition) is 6. The molecule has 5 rings (SSSR count). The molecule has 0 spiro atoms. The topological polar surface area (TPSA) is 103 Å². The molecule has 2 aromatic carbocycles. The molecule has 5 atom stereocenters. The summed E-state index contributed by atoms with van der Waals surface area (Å²) in [6, 6.07) is 16.1. The van der Waals surface area contributed by atoms with Crippen LogP contribution in [0.1, 0.15) is 112 Å². The normalized spacial score (nSPS) is 22.9. The summed E-state index contributed by atoms with van der Waals surface area (Å²) >= 11 is 0. The van der Waals surface area contributed by atoms with E-state index in [-0.39, 0.29) is 47.9 Å². The van der Waals surface area contributed by atoms with Crippen molar-refractivity contribution in [3.8, 4) is 23.3 Å². The fourth-order valence-electron chi connectivity index (χ4n) is 8.04. The quantitative estimate of drug-likeness (QED) is 0.166. The molecule has 0 saturated heterocycles. The van der Waals surface area contributed by atoms with Gasteiger partial charge in [-0.1, -0.05) is 76.1 Å². The monoisotopic (exact) mass is 662 g/mol. The molecule has 6 nitrogen and oxygen atoms in total. The van der Waals surface area contributed by atoms with Gasteiger partial charge in [0.1, 0.15) is 17.4 Å². The number of nitrogens with two attached hydrogens (primary N) is 1. The van der Waals surface area contributed by atoms with Crippen LogP contribution in [-0.2, 0) is 28.9 Å². The van der Waals surface area contributed by atoms with Crippen LogP contribution < -0.4 is 10.5 Å². The lowest BCUT2D eigenvalue weighted by Crippen LogP contribution is -2.27. The van der Waals surface area contributed by atoms with E-state index in [1.165, 1.54) is 12.7 Å². The number of ether oxygens (including phenoxy) is 1. The zero-order chi connectivity index (χ0) is 34.9. The molecule has 5 unspecified atom stereocenters. The molecule has 1 aromatic heterocycles. The molecule has 1 saturated carbocycles. The Morgan fingerprint density at radius 1 is 1.00 bits per heavy atom. The fraction of sp³-hybridized carbons (Fsp3) is 0.512. The van der Waals surface area contributed by atoms with Gasteiger partial charge in [-0.05, 0) is 115 Å². The summed E-state index contributed by atoms with van der Waals surface area (Å²) < 4.78 is 5.51. The van der Waals surface area contributed by atoms with Gasteiger partial charge >= 0.3 is 0 Å². The molecule has 3 N–H and O–H groups in total. The Morgan fingerprint density at radius 2 is 1.82 bits per heavy atom. The van der Waals surface area contributed by atoms with E-state index in [1.54, 1.807) is 12.3 Å². The van der Waals surface area contributed by atoms with Gasteiger partial charge < -0.3 is 15.6 Å². The second-order valence-electron chi connectivity index (χ2n) is 14.8. The minimum atomic E-state index is -0.335. The number of ketones is 2.